The maximum absolute atomic E-state index is 5.79. The highest BCUT2D eigenvalue weighted by molar-refractivity contribution is 14.0. The average Bonchev–Trinajstić information content (AvgIpc) is 2.57. The van der Waals surface area contributed by atoms with Crippen LogP contribution in [0.3, 0.4) is 0 Å². The van der Waals surface area contributed by atoms with Crippen molar-refractivity contribution in [2.24, 2.45) is 10.4 Å². The number of nitrogens with zero attached hydrogens (tertiary/aromatic N) is 2. The van der Waals surface area contributed by atoms with Crippen LogP contribution in [0.25, 0.3) is 0 Å². The molecule has 0 bridgehead atoms. The molecule has 0 aliphatic rings. The van der Waals surface area contributed by atoms with Gasteiger partial charge in [0.05, 0.1) is 6.10 Å². The van der Waals surface area contributed by atoms with Gasteiger partial charge in [-0.05, 0) is 37.2 Å². The van der Waals surface area contributed by atoms with Gasteiger partial charge in [0.2, 0.25) is 0 Å². The molecule has 0 radical (unpaired) electrons. The third-order valence-corrected chi connectivity index (χ3v) is 4.09. The highest BCUT2D eigenvalue weighted by Crippen LogP contribution is 2.20. The lowest BCUT2D eigenvalue weighted by Gasteiger charge is -2.30. The van der Waals surface area contributed by atoms with Crippen LogP contribution < -0.4 is 15.4 Å². The SMILES string of the molecule is CN=C(NCc1cccc(OCCN(C)C)c1)NCC(OC)C(C)(C)C.I. The van der Waals surface area contributed by atoms with Crippen molar-refractivity contribution in [1.29, 1.82) is 0 Å². The molecule has 0 aliphatic carbocycles. The summed E-state index contributed by atoms with van der Waals surface area (Å²) < 4.78 is 11.4. The molecule has 156 valence electrons. The summed E-state index contributed by atoms with van der Waals surface area (Å²) in [5, 5.41) is 6.67. The zero-order valence-electron chi connectivity index (χ0n) is 17.8. The maximum atomic E-state index is 5.79. The Balaban J connectivity index is 0.00000676. The first kappa shape index (κ1) is 25.9. The van der Waals surface area contributed by atoms with Gasteiger partial charge in [-0.1, -0.05) is 32.9 Å². The van der Waals surface area contributed by atoms with E-state index in [1.165, 1.54) is 0 Å². The Morgan fingerprint density at radius 1 is 1.22 bits per heavy atom. The Kier molecular flexibility index (Phi) is 12.7. The Bertz CT molecular complexity index is 559. The molecule has 2 N–H and O–H groups in total. The number of halogens is 1. The van der Waals surface area contributed by atoms with Crippen LogP contribution >= 0.6 is 24.0 Å². The number of hydrogen-bond donors (Lipinski definition) is 2. The predicted molar refractivity (Wildman–Crippen MR) is 124 cm³/mol. The summed E-state index contributed by atoms with van der Waals surface area (Å²) in [7, 11) is 7.59. The van der Waals surface area contributed by atoms with Gasteiger partial charge in [0.25, 0.3) is 0 Å². The number of nitrogens with one attached hydrogen (secondary N) is 2. The van der Waals surface area contributed by atoms with Crippen LogP contribution in [-0.2, 0) is 11.3 Å². The normalized spacial score (nSPS) is 13.1. The zero-order chi connectivity index (χ0) is 19.6. The van der Waals surface area contributed by atoms with E-state index in [1.54, 1.807) is 14.2 Å². The quantitative estimate of drug-likeness (QED) is 0.316. The number of rotatable bonds is 9. The van der Waals surface area contributed by atoms with Crippen molar-refractivity contribution >= 4 is 29.9 Å². The van der Waals surface area contributed by atoms with Crippen LogP contribution in [0.1, 0.15) is 26.3 Å². The molecule has 0 saturated carbocycles. The van der Waals surface area contributed by atoms with E-state index in [0.29, 0.717) is 19.7 Å². The van der Waals surface area contributed by atoms with Crippen molar-refractivity contribution in [3.8, 4) is 5.75 Å². The van der Waals surface area contributed by atoms with Crippen LogP contribution in [0, 0.1) is 5.41 Å². The van der Waals surface area contributed by atoms with Gasteiger partial charge in [-0.3, -0.25) is 4.99 Å². The van der Waals surface area contributed by atoms with Gasteiger partial charge in [0, 0.05) is 33.8 Å². The standard InChI is InChI=1S/C20H36N4O2.HI/c1-20(2,3)18(25-7)15-23-19(21-4)22-14-16-9-8-10-17(13-16)26-12-11-24(5)6;/h8-10,13,18H,11-12,14-15H2,1-7H3,(H2,21,22,23);1H. The van der Waals surface area contributed by atoms with Crippen LogP contribution in [0.5, 0.6) is 5.75 Å². The van der Waals surface area contributed by atoms with E-state index in [1.807, 2.05) is 26.2 Å². The maximum Gasteiger partial charge on any atom is 0.191 e. The molecular formula is C20H37IN4O2. The van der Waals surface area contributed by atoms with Crippen molar-refractivity contribution in [1.82, 2.24) is 15.5 Å². The molecule has 6 nitrogen and oxygen atoms in total. The van der Waals surface area contributed by atoms with Gasteiger partial charge in [-0.25, -0.2) is 0 Å². The van der Waals surface area contributed by atoms with E-state index >= 15 is 0 Å². The molecule has 27 heavy (non-hydrogen) atoms. The van der Waals surface area contributed by atoms with E-state index in [2.05, 4.69) is 53.4 Å². The van der Waals surface area contributed by atoms with Gasteiger partial charge < -0.3 is 25.0 Å². The highest BCUT2D eigenvalue weighted by Gasteiger charge is 2.24. The fourth-order valence-corrected chi connectivity index (χ4v) is 2.43. The average molecular weight is 492 g/mol. The molecule has 1 rings (SSSR count). The lowest BCUT2D eigenvalue weighted by Crippen LogP contribution is -2.45. The Morgan fingerprint density at radius 2 is 1.93 bits per heavy atom. The van der Waals surface area contributed by atoms with Crippen LogP contribution in [-0.4, -0.2) is 64.9 Å². The van der Waals surface area contributed by atoms with Crippen LogP contribution in [0.4, 0.5) is 0 Å². The second kappa shape index (κ2) is 13.2. The molecule has 1 atom stereocenters. The van der Waals surface area contributed by atoms with Gasteiger partial charge in [0.15, 0.2) is 5.96 Å². The summed E-state index contributed by atoms with van der Waals surface area (Å²) in [6.07, 6.45) is 0.106. The van der Waals surface area contributed by atoms with E-state index in [0.717, 1.165) is 23.8 Å². The molecule has 1 unspecified atom stereocenters. The molecule has 0 spiro atoms. The number of aliphatic imine (C=N–C) groups is 1. The topological polar surface area (TPSA) is 58.1 Å². The highest BCUT2D eigenvalue weighted by atomic mass is 127. The molecule has 1 aromatic rings. The van der Waals surface area contributed by atoms with Crippen molar-refractivity contribution in [2.45, 2.75) is 33.4 Å². The van der Waals surface area contributed by atoms with Crippen molar-refractivity contribution in [3.63, 3.8) is 0 Å². The zero-order valence-corrected chi connectivity index (χ0v) is 20.2. The summed E-state index contributed by atoms with van der Waals surface area (Å²) in [6.45, 7) is 9.46. The first-order valence-electron chi connectivity index (χ1n) is 9.10. The fraction of sp³-hybridized carbons (Fsp3) is 0.650. The molecule has 0 heterocycles. The number of ether oxygens (including phenoxy) is 2. The van der Waals surface area contributed by atoms with Gasteiger partial charge in [-0.15, -0.1) is 24.0 Å². The third-order valence-electron chi connectivity index (χ3n) is 4.09. The van der Waals surface area contributed by atoms with E-state index in [-0.39, 0.29) is 35.5 Å². The number of methoxy groups -OCH3 is 1. The molecule has 0 saturated heterocycles. The lowest BCUT2D eigenvalue weighted by molar-refractivity contribution is 0.0205. The third kappa shape index (κ3) is 10.8. The van der Waals surface area contributed by atoms with Crippen molar-refractivity contribution in [3.05, 3.63) is 29.8 Å². The molecular weight excluding hydrogens is 455 g/mol. The van der Waals surface area contributed by atoms with Gasteiger partial charge in [-0.2, -0.15) is 0 Å². The smallest absolute Gasteiger partial charge is 0.191 e. The summed E-state index contributed by atoms with van der Waals surface area (Å²) in [5.74, 6) is 1.65. The lowest BCUT2D eigenvalue weighted by atomic mass is 9.89. The molecule has 0 fully saturated rings. The first-order valence-corrected chi connectivity index (χ1v) is 9.10. The Hall–Kier alpha value is -1.06. The molecule has 0 aromatic heterocycles. The minimum Gasteiger partial charge on any atom is -0.492 e. The van der Waals surface area contributed by atoms with Crippen molar-refractivity contribution < 1.29 is 9.47 Å². The minimum absolute atomic E-state index is 0. The second-order valence-electron chi connectivity index (χ2n) is 7.70. The van der Waals surface area contributed by atoms with E-state index in [9.17, 15) is 0 Å². The van der Waals surface area contributed by atoms with Crippen LogP contribution in [0.15, 0.2) is 29.3 Å². The Morgan fingerprint density at radius 3 is 2.48 bits per heavy atom. The number of hydrogen-bond acceptors (Lipinski definition) is 4. The molecule has 7 heteroatoms. The first-order chi connectivity index (χ1) is 12.3. The van der Waals surface area contributed by atoms with E-state index < -0.39 is 0 Å². The van der Waals surface area contributed by atoms with Gasteiger partial charge in [0.1, 0.15) is 12.4 Å². The Labute approximate surface area is 182 Å². The summed E-state index contributed by atoms with van der Waals surface area (Å²) in [6, 6.07) is 8.13. The van der Waals surface area contributed by atoms with E-state index in [4.69, 9.17) is 9.47 Å². The van der Waals surface area contributed by atoms with Crippen LogP contribution in [0.2, 0.25) is 0 Å². The predicted octanol–water partition coefficient (Wildman–Crippen LogP) is 2.97. The summed E-state index contributed by atoms with van der Waals surface area (Å²) in [5.41, 5.74) is 1.22. The van der Waals surface area contributed by atoms with Gasteiger partial charge >= 0.3 is 0 Å². The summed E-state index contributed by atoms with van der Waals surface area (Å²) >= 11 is 0. The monoisotopic (exact) mass is 492 g/mol. The number of benzene rings is 1. The molecule has 0 amide bonds. The largest absolute Gasteiger partial charge is 0.492 e. The molecule has 0 aliphatic heterocycles. The van der Waals surface area contributed by atoms with Crippen molar-refractivity contribution in [2.75, 3.05) is 47.9 Å². The summed E-state index contributed by atoms with van der Waals surface area (Å²) in [4.78, 5) is 6.39. The minimum atomic E-state index is 0. The number of likely N-dealkylation sites (N-methyl/N-ethyl adjacent to an activating group) is 1. The number of guanidine groups is 1. The fourth-order valence-electron chi connectivity index (χ4n) is 2.43. The second-order valence-corrected chi connectivity index (χ2v) is 7.70. The molecule has 1 aromatic carbocycles.